The van der Waals surface area contributed by atoms with Gasteiger partial charge in [-0.05, 0) is 34.5 Å². The predicted molar refractivity (Wildman–Crippen MR) is 94.0 cm³/mol. The third-order valence-corrected chi connectivity index (χ3v) is 5.11. The first-order valence-corrected chi connectivity index (χ1v) is 8.46. The summed E-state index contributed by atoms with van der Waals surface area (Å²) in [5, 5.41) is 15.6. The number of benzene rings is 2. The Morgan fingerprint density at radius 3 is 3.00 bits per heavy atom. The lowest BCUT2D eigenvalue weighted by molar-refractivity contribution is 0.424. The molecule has 0 spiro atoms. The average molecular weight is 332 g/mol. The molecule has 0 saturated carbocycles. The zero-order valence-electron chi connectivity index (χ0n) is 12.6. The molecule has 0 bridgehead atoms. The third-order valence-electron chi connectivity index (χ3n) is 4.09. The summed E-state index contributed by atoms with van der Waals surface area (Å²) in [5.74, 6) is 1.21. The van der Waals surface area contributed by atoms with Gasteiger partial charge in [-0.15, -0.1) is 11.3 Å². The van der Waals surface area contributed by atoms with E-state index in [4.69, 9.17) is 4.52 Å². The monoisotopic (exact) mass is 332 g/mol. The Labute approximate surface area is 140 Å². The lowest BCUT2D eigenvalue weighted by Crippen LogP contribution is -1.89. The molecule has 6 heteroatoms. The quantitative estimate of drug-likeness (QED) is 0.531. The van der Waals surface area contributed by atoms with Crippen LogP contribution in [0.2, 0.25) is 0 Å². The number of hydrogen-bond acceptors (Lipinski definition) is 5. The largest absolute Gasteiger partial charge is 0.334 e. The van der Waals surface area contributed by atoms with E-state index in [-0.39, 0.29) is 0 Å². The van der Waals surface area contributed by atoms with Gasteiger partial charge in [0.25, 0.3) is 5.89 Å². The van der Waals surface area contributed by atoms with Crippen LogP contribution in [0.4, 0.5) is 0 Å². The lowest BCUT2D eigenvalue weighted by Gasteiger charge is -1.96. The Morgan fingerprint density at radius 1 is 1.04 bits per heavy atom. The number of fused-ring (bicyclic) bond motifs is 2. The molecule has 5 rings (SSSR count). The van der Waals surface area contributed by atoms with E-state index in [1.54, 1.807) is 17.5 Å². The van der Waals surface area contributed by atoms with Gasteiger partial charge in [0.05, 0.1) is 17.3 Å². The topological polar surface area (TPSA) is 67.6 Å². The molecule has 1 N–H and O–H groups in total. The van der Waals surface area contributed by atoms with Crippen molar-refractivity contribution in [2.75, 3.05) is 0 Å². The molecule has 0 atom stereocenters. The molecule has 0 aliphatic rings. The Hall–Kier alpha value is -2.99. The van der Waals surface area contributed by atoms with Crippen molar-refractivity contribution in [1.82, 2.24) is 20.3 Å². The third kappa shape index (κ3) is 2.11. The molecule has 0 aliphatic heterocycles. The summed E-state index contributed by atoms with van der Waals surface area (Å²) in [6.07, 6.45) is 2.44. The second-order valence-electron chi connectivity index (χ2n) is 5.59. The highest BCUT2D eigenvalue weighted by molar-refractivity contribution is 7.17. The number of thiophene rings is 1. The van der Waals surface area contributed by atoms with Crippen molar-refractivity contribution >= 4 is 32.3 Å². The van der Waals surface area contributed by atoms with Gasteiger partial charge in [-0.1, -0.05) is 29.4 Å². The highest BCUT2D eigenvalue weighted by Crippen LogP contribution is 2.29. The van der Waals surface area contributed by atoms with Crippen molar-refractivity contribution in [3.05, 3.63) is 65.4 Å². The molecule has 0 amide bonds. The number of nitrogens with one attached hydrogen (secondary N) is 1. The Morgan fingerprint density at radius 2 is 2.00 bits per heavy atom. The molecule has 2 aromatic carbocycles. The fraction of sp³-hybridized carbons (Fsp3) is 0.0556. The highest BCUT2D eigenvalue weighted by Gasteiger charge is 2.14. The standard InChI is InChI=1S/C18H12N4OS/c1-2-7-16-12(4-1)11(10-24-16)8-17-20-18(23-22-17)13-5-3-6-15-14(13)9-19-21-15/h1-7,9-10H,8H2,(H,19,21). The van der Waals surface area contributed by atoms with Crippen molar-refractivity contribution in [2.45, 2.75) is 6.42 Å². The van der Waals surface area contributed by atoms with Gasteiger partial charge in [0, 0.05) is 16.5 Å². The number of hydrogen-bond donors (Lipinski definition) is 1. The van der Waals surface area contributed by atoms with Gasteiger partial charge in [-0.25, -0.2) is 0 Å². The zero-order chi connectivity index (χ0) is 15.9. The van der Waals surface area contributed by atoms with Crippen molar-refractivity contribution in [3.8, 4) is 11.5 Å². The SMILES string of the molecule is c1cc(-c2nc(Cc3csc4ccccc34)no2)c2cn[nH]c2c1. The van der Waals surface area contributed by atoms with Crippen LogP contribution < -0.4 is 0 Å². The van der Waals surface area contributed by atoms with E-state index >= 15 is 0 Å². The van der Waals surface area contributed by atoms with Gasteiger partial charge in [-0.3, -0.25) is 5.10 Å². The van der Waals surface area contributed by atoms with Crippen LogP contribution in [0.25, 0.3) is 32.4 Å². The van der Waals surface area contributed by atoms with Crippen LogP contribution >= 0.6 is 11.3 Å². The summed E-state index contributed by atoms with van der Waals surface area (Å²) >= 11 is 1.74. The minimum Gasteiger partial charge on any atom is -0.334 e. The summed E-state index contributed by atoms with van der Waals surface area (Å²) in [6.45, 7) is 0. The van der Waals surface area contributed by atoms with E-state index in [0.29, 0.717) is 18.1 Å². The number of rotatable bonds is 3. The van der Waals surface area contributed by atoms with Gasteiger partial charge >= 0.3 is 0 Å². The average Bonchev–Trinajstić information content (AvgIpc) is 3.34. The maximum absolute atomic E-state index is 5.49. The van der Waals surface area contributed by atoms with Gasteiger partial charge in [0.2, 0.25) is 0 Å². The van der Waals surface area contributed by atoms with Crippen LogP contribution in [0.5, 0.6) is 0 Å². The molecule has 5 aromatic rings. The molecule has 0 saturated heterocycles. The first-order chi connectivity index (χ1) is 11.9. The van der Waals surface area contributed by atoms with Crippen LogP contribution in [-0.4, -0.2) is 20.3 Å². The Bertz CT molecular complexity index is 1150. The van der Waals surface area contributed by atoms with Crippen molar-refractivity contribution in [1.29, 1.82) is 0 Å². The molecule has 0 aliphatic carbocycles. The molecule has 0 fully saturated rings. The lowest BCUT2D eigenvalue weighted by atomic mass is 10.1. The van der Waals surface area contributed by atoms with E-state index < -0.39 is 0 Å². The fourth-order valence-corrected chi connectivity index (χ4v) is 3.89. The maximum Gasteiger partial charge on any atom is 0.258 e. The zero-order valence-corrected chi connectivity index (χ0v) is 13.4. The van der Waals surface area contributed by atoms with Gasteiger partial charge in [0.15, 0.2) is 5.82 Å². The van der Waals surface area contributed by atoms with E-state index in [1.807, 2.05) is 18.2 Å². The molecular weight excluding hydrogens is 320 g/mol. The number of H-pyrrole nitrogens is 1. The summed E-state index contributed by atoms with van der Waals surface area (Å²) in [4.78, 5) is 4.58. The van der Waals surface area contributed by atoms with Crippen LogP contribution in [-0.2, 0) is 6.42 Å². The fourth-order valence-electron chi connectivity index (χ4n) is 2.93. The van der Waals surface area contributed by atoms with Gasteiger partial charge in [-0.2, -0.15) is 10.1 Å². The van der Waals surface area contributed by atoms with E-state index in [1.165, 1.54) is 15.6 Å². The van der Waals surface area contributed by atoms with Crippen LogP contribution in [0.3, 0.4) is 0 Å². The number of aromatic amines is 1. The minimum absolute atomic E-state index is 0.525. The van der Waals surface area contributed by atoms with E-state index in [2.05, 4.69) is 50.0 Å². The second kappa shape index (κ2) is 5.28. The van der Waals surface area contributed by atoms with Crippen LogP contribution in [0, 0.1) is 0 Å². The summed E-state index contributed by atoms with van der Waals surface area (Å²) in [5.41, 5.74) is 3.08. The molecule has 3 aromatic heterocycles. The van der Waals surface area contributed by atoms with Gasteiger partial charge in [0.1, 0.15) is 0 Å². The van der Waals surface area contributed by atoms with Crippen molar-refractivity contribution in [3.63, 3.8) is 0 Å². The maximum atomic E-state index is 5.49. The van der Waals surface area contributed by atoms with Crippen molar-refractivity contribution in [2.24, 2.45) is 0 Å². The predicted octanol–water partition coefficient (Wildman–Crippen LogP) is 4.42. The smallest absolute Gasteiger partial charge is 0.258 e. The first kappa shape index (κ1) is 13.4. The first-order valence-electron chi connectivity index (χ1n) is 7.58. The number of aromatic nitrogens is 4. The molecule has 0 radical (unpaired) electrons. The van der Waals surface area contributed by atoms with Crippen LogP contribution in [0.15, 0.2) is 58.6 Å². The molecule has 24 heavy (non-hydrogen) atoms. The minimum atomic E-state index is 0.525. The number of nitrogens with zero attached hydrogens (tertiary/aromatic N) is 3. The Kier molecular flexibility index (Phi) is 2.96. The Balaban J connectivity index is 1.52. The second-order valence-corrected chi connectivity index (χ2v) is 6.50. The van der Waals surface area contributed by atoms with E-state index in [0.717, 1.165) is 16.5 Å². The summed E-state index contributed by atoms with van der Waals surface area (Å²) in [6, 6.07) is 14.3. The summed E-state index contributed by atoms with van der Waals surface area (Å²) in [7, 11) is 0. The molecule has 116 valence electrons. The van der Waals surface area contributed by atoms with Crippen molar-refractivity contribution < 1.29 is 4.52 Å². The molecular formula is C18H12N4OS. The van der Waals surface area contributed by atoms with E-state index in [9.17, 15) is 0 Å². The highest BCUT2D eigenvalue weighted by atomic mass is 32.1. The molecule has 3 heterocycles. The van der Waals surface area contributed by atoms with Gasteiger partial charge < -0.3 is 4.52 Å². The van der Waals surface area contributed by atoms with Crippen LogP contribution in [0.1, 0.15) is 11.4 Å². The molecule has 5 nitrogen and oxygen atoms in total. The molecule has 0 unspecified atom stereocenters. The summed E-state index contributed by atoms with van der Waals surface area (Å²) < 4.78 is 6.77. The normalized spacial score (nSPS) is 11.5.